The number of allylic oxidation sites excluding steroid dienone is 3. The zero-order valence-corrected chi connectivity index (χ0v) is 10.9. The van der Waals surface area contributed by atoms with Gasteiger partial charge in [0.25, 0.3) is 0 Å². The SMILES string of the molecule is C=C/C(=C\CCC(F)(F)C(F)F)CCCCCC. The topological polar surface area (TPSA) is 0 Å². The Morgan fingerprint density at radius 3 is 2.39 bits per heavy atom. The fraction of sp³-hybridized carbons (Fsp3) is 0.714. The summed E-state index contributed by atoms with van der Waals surface area (Å²) in [5, 5.41) is 0. The molecule has 18 heavy (non-hydrogen) atoms. The second kappa shape index (κ2) is 9.17. The van der Waals surface area contributed by atoms with Crippen LogP contribution in [-0.4, -0.2) is 12.3 Å². The van der Waals surface area contributed by atoms with E-state index >= 15 is 0 Å². The zero-order chi connectivity index (χ0) is 14.0. The molecule has 0 aromatic rings. The minimum atomic E-state index is -3.88. The molecule has 0 spiro atoms. The van der Waals surface area contributed by atoms with Crippen molar-refractivity contribution in [2.24, 2.45) is 0 Å². The maximum atomic E-state index is 12.6. The van der Waals surface area contributed by atoms with Crippen LogP contribution in [0.25, 0.3) is 0 Å². The van der Waals surface area contributed by atoms with E-state index in [1.165, 1.54) is 0 Å². The van der Waals surface area contributed by atoms with E-state index < -0.39 is 18.8 Å². The van der Waals surface area contributed by atoms with E-state index in [1.807, 2.05) is 0 Å². The lowest BCUT2D eigenvalue weighted by Gasteiger charge is -2.13. The largest absolute Gasteiger partial charge is 0.307 e. The van der Waals surface area contributed by atoms with E-state index in [1.54, 1.807) is 12.2 Å². The molecule has 0 aliphatic carbocycles. The Morgan fingerprint density at radius 2 is 1.89 bits per heavy atom. The predicted octanol–water partition coefficient (Wildman–Crippen LogP) is 5.75. The number of hydrogen-bond acceptors (Lipinski definition) is 0. The zero-order valence-electron chi connectivity index (χ0n) is 10.9. The van der Waals surface area contributed by atoms with E-state index in [2.05, 4.69) is 13.5 Å². The Bertz CT molecular complexity index is 257. The van der Waals surface area contributed by atoms with Gasteiger partial charge in [0, 0.05) is 6.42 Å². The van der Waals surface area contributed by atoms with Crippen molar-refractivity contribution in [2.45, 2.75) is 64.2 Å². The van der Waals surface area contributed by atoms with Gasteiger partial charge in [-0.15, -0.1) is 0 Å². The van der Waals surface area contributed by atoms with E-state index in [9.17, 15) is 17.6 Å². The summed E-state index contributed by atoms with van der Waals surface area (Å²) in [5.41, 5.74) is 0.871. The summed E-state index contributed by atoms with van der Waals surface area (Å²) in [4.78, 5) is 0. The van der Waals surface area contributed by atoms with Gasteiger partial charge < -0.3 is 0 Å². The van der Waals surface area contributed by atoms with Gasteiger partial charge in [-0.05, 0) is 19.3 Å². The van der Waals surface area contributed by atoms with E-state index in [-0.39, 0.29) is 6.42 Å². The van der Waals surface area contributed by atoms with Crippen molar-refractivity contribution in [1.82, 2.24) is 0 Å². The summed E-state index contributed by atoms with van der Waals surface area (Å²) < 4.78 is 49.1. The normalized spacial score (nSPS) is 13.1. The average Bonchev–Trinajstić information content (AvgIpc) is 2.32. The maximum Gasteiger partial charge on any atom is 0.307 e. The van der Waals surface area contributed by atoms with Gasteiger partial charge in [0.1, 0.15) is 0 Å². The van der Waals surface area contributed by atoms with Crippen LogP contribution in [-0.2, 0) is 0 Å². The third kappa shape index (κ3) is 7.51. The van der Waals surface area contributed by atoms with E-state index in [0.717, 1.165) is 37.7 Å². The average molecular weight is 266 g/mol. The Kier molecular flexibility index (Phi) is 8.77. The monoisotopic (exact) mass is 266 g/mol. The molecule has 0 aliphatic heterocycles. The summed E-state index contributed by atoms with van der Waals surface area (Å²) in [5.74, 6) is -3.88. The fourth-order valence-corrected chi connectivity index (χ4v) is 1.60. The molecular weight excluding hydrogens is 244 g/mol. The fourth-order valence-electron chi connectivity index (χ4n) is 1.60. The first-order valence-corrected chi connectivity index (χ1v) is 6.41. The third-order valence-electron chi connectivity index (χ3n) is 2.78. The van der Waals surface area contributed by atoms with Crippen LogP contribution in [0.15, 0.2) is 24.3 Å². The van der Waals surface area contributed by atoms with Crippen molar-refractivity contribution < 1.29 is 17.6 Å². The number of unbranched alkanes of at least 4 members (excludes halogenated alkanes) is 3. The molecule has 0 atom stereocenters. The Hall–Kier alpha value is -0.800. The van der Waals surface area contributed by atoms with Gasteiger partial charge in [-0.1, -0.05) is 50.5 Å². The third-order valence-corrected chi connectivity index (χ3v) is 2.78. The molecule has 106 valence electrons. The highest BCUT2D eigenvalue weighted by atomic mass is 19.3. The van der Waals surface area contributed by atoms with Crippen LogP contribution in [0.2, 0.25) is 0 Å². The van der Waals surface area contributed by atoms with Crippen molar-refractivity contribution >= 4 is 0 Å². The van der Waals surface area contributed by atoms with Gasteiger partial charge in [0.2, 0.25) is 0 Å². The second-order valence-corrected chi connectivity index (χ2v) is 4.39. The summed E-state index contributed by atoms with van der Waals surface area (Å²) in [6, 6.07) is 0. The summed E-state index contributed by atoms with van der Waals surface area (Å²) in [6.07, 6.45) is 3.92. The van der Waals surface area contributed by atoms with Gasteiger partial charge in [0.15, 0.2) is 0 Å². The molecule has 0 aromatic heterocycles. The van der Waals surface area contributed by atoms with Crippen molar-refractivity contribution in [1.29, 1.82) is 0 Å². The molecule has 0 N–H and O–H groups in total. The van der Waals surface area contributed by atoms with Crippen molar-refractivity contribution in [3.8, 4) is 0 Å². The van der Waals surface area contributed by atoms with Crippen LogP contribution in [0.4, 0.5) is 17.6 Å². The molecule has 0 radical (unpaired) electrons. The lowest BCUT2D eigenvalue weighted by atomic mass is 10.0. The smallest absolute Gasteiger partial charge is 0.204 e. The molecule has 0 rings (SSSR count). The Labute approximate surface area is 107 Å². The van der Waals surface area contributed by atoms with Gasteiger partial charge >= 0.3 is 12.3 Å². The van der Waals surface area contributed by atoms with Crippen molar-refractivity contribution in [3.05, 3.63) is 24.3 Å². The summed E-state index contributed by atoms with van der Waals surface area (Å²) in [7, 11) is 0. The first-order chi connectivity index (χ1) is 8.44. The molecule has 0 saturated heterocycles. The van der Waals surface area contributed by atoms with Crippen LogP contribution in [0.1, 0.15) is 51.9 Å². The number of halogens is 4. The first kappa shape index (κ1) is 17.2. The Morgan fingerprint density at radius 1 is 1.22 bits per heavy atom. The Balaban J connectivity index is 4.01. The van der Waals surface area contributed by atoms with Crippen LogP contribution in [0.3, 0.4) is 0 Å². The molecule has 0 aliphatic rings. The molecule has 0 bridgehead atoms. The van der Waals surface area contributed by atoms with Gasteiger partial charge in [0.05, 0.1) is 0 Å². The minimum Gasteiger partial charge on any atom is -0.204 e. The highest BCUT2D eigenvalue weighted by Gasteiger charge is 2.39. The van der Waals surface area contributed by atoms with E-state index in [0.29, 0.717) is 0 Å². The van der Waals surface area contributed by atoms with Crippen LogP contribution < -0.4 is 0 Å². The lowest BCUT2D eigenvalue weighted by molar-refractivity contribution is -0.132. The number of alkyl halides is 4. The molecular formula is C14H22F4. The highest BCUT2D eigenvalue weighted by molar-refractivity contribution is 5.15. The van der Waals surface area contributed by atoms with Crippen molar-refractivity contribution in [2.75, 3.05) is 0 Å². The lowest BCUT2D eigenvalue weighted by Crippen LogP contribution is -2.25. The molecule has 0 amide bonds. The predicted molar refractivity (Wildman–Crippen MR) is 67.2 cm³/mol. The van der Waals surface area contributed by atoms with Crippen LogP contribution in [0, 0.1) is 0 Å². The van der Waals surface area contributed by atoms with Gasteiger partial charge in [-0.25, -0.2) is 17.6 Å². The minimum absolute atomic E-state index is 0.0352. The maximum absolute atomic E-state index is 12.6. The second-order valence-electron chi connectivity index (χ2n) is 4.39. The number of rotatable bonds is 10. The molecule has 0 heterocycles. The highest BCUT2D eigenvalue weighted by Crippen LogP contribution is 2.28. The quantitative estimate of drug-likeness (QED) is 0.268. The van der Waals surface area contributed by atoms with Gasteiger partial charge in [-0.2, -0.15) is 0 Å². The van der Waals surface area contributed by atoms with E-state index in [4.69, 9.17) is 0 Å². The summed E-state index contributed by atoms with van der Waals surface area (Å²) in [6.45, 7) is 5.71. The molecule has 4 heteroatoms. The molecule has 0 fully saturated rings. The number of hydrogen-bond donors (Lipinski definition) is 0. The summed E-state index contributed by atoms with van der Waals surface area (Å²) >= 11 is 0. The molecule has 0 aromatic carbocycles. The molecule has 0 nitrogen and oxygen atoms in total. The van der Waals surface area contributed by atoms with Crippen LogP contribution >= 0.6 is 0 Å². The van der Waals surface area contributed by atoms with Gasteiger partial charge in [-0.3, -0.25) is 0 Å². The van der Waals surface area contributed by atoms with Crippen LogP contribution in [0.5, 0.6) is 0 Å². The molecule has 0 saturated carbocycles. The molecule has 0 unspecified atom stereocenters. The standard InChI is InChI=1S/C14H22F4/c1-3-5-6-7-9-12(4-2)10-8-11-14(17,18)13(15)16/h4,10,13H,2-3,5-9,11H2,1H3/b12-10+. The van der Waals surface area contributed by atoms with Crippen molar-refractivity contribution in [3.63, 3.8) is 0 Å². The first-order valence-electron chi connectivity index (χ1n) is 6.41.